The van der Waals surface area contributed by atoms with Crippen molar-refractivity contribution in [3.63, 3.8) is 0 Å². The molecule has 1 fully saturated rings. The summed E-state index contributed by atoms with van der Waals surface area (Å²) >= 11 is 0. The van der Waals surface area contributed by atoms with E-state index in [1.54, 1.807) is 24.3 Å². The molecule has 0 radical (unpaired) electrons. The first-order chi connectivity index (χ1) is 12.5. The number of nitrogens with one attached hydrogen (secondary N) is 1. The largest absolute Gasteiger partial charge is 0.481 e. The highest BCUT2D eigenvalue weighted by molar-refractivity contribution is 5.96. The Hall–Kier alpha value is -2.37. The molecule has 6 heteroatoms. The normalized spacial score (nSPS) is 19.2. The Morgan fingerprint density at radius 2 is 1.62 bits per heavy atom. The van der Waals surface area contributed by atoms with Crippen LogP contribution in [0.4, 0.5) is 5.69 Å². The number of carbonyl (C=O) groups excluding carboxylic acids is 2. The smallest absolute Gasteiger partial charge is 0.306 e. The Labute approximate surface area is 154 Å². The van der Waals surface area contributed by atoms with Crippen LogP contribution in [0.15, 0.2) is 24.3 Å². The van der Waals surface area contributed by atoms with Crippen molar-refractivity contribution in [2.75, 3.05) is 18.4 Å². The van der Waals surface area contributed by atoms with Crippen molar-refractivity contribution in [3.8, 4) is 0 Å². The third-order valence-electron chi connectivity index (χ3n) is 4.83. The first-order valence-electron chi connectivity index (χ1n) is 9.39. The number of carbonyl (C=O) groups is 3. The average Bonchev–Trinajstić information content (AvgIpc) is 3.12. The van der Waals surface area contributed by atoms with E-state index < -0.39 is 11.9 Å². The molecule has 0 saturated heterocycles. The molecule has 0 heterocycles. The van der Waals surface area contributed by atoms with Gasteiger partial charge in [-0.05, 0) is 56.4 Å². The first kappa shape index (κ1) is 19.9. The molecule has 2 amide bonds. The number of amides is 2. The molecule has 1 aliphatic carbocycles. The number of carboxylic acid groups (broad SMARTS) is 1. The quantitative estimate of drug-likeness (QED) is 0.744. The van der Waals surface area contributed by atoms with Gasteiger partial charge in [-0.25, -0.2) is 0 Å². The van der Waals surface area contributed by atoms with Gasteiger partial charge in [0.1, 0.15) is 0 Å². The van der Waals surface area contributed by atoms with E-state index in [0.29, 0.717) is 30.5 Å². The molecule has 2 rings (SSSR count). The predicted molar refractivity (Wildman–Crippen MR) is 100 cm³/mol. The van der Waals surface area contributed by atoms with Gasteiger partial charge in [0, 0.05) is 30.3 Å². The van der Waals surface area contributed by atoms with Crippen LogP contribution < -0.4 is 5.32 Å². The van der Waals surface area contributed by atoms with Crippen molar-refractivity contribution in [2.45, 2.75) is 46.0 Å². The molecule has 2 atom stereocenters. The molecule has 26 heavy (non-hydrogen) atoms. The second-order valence-corrected chi connectivity index (χ2v) is 6.90. The maximum Gasteiger partial charge on any atom is 0.306 e. The summed E-state index contributed by atoms with van der Waals surface area (Å²) < 4.78 is 0. The molecule has 6 nitrogen and oxygen atoms in total. The number of aliphatic carboxylic acids is 1. The Bertz CT molecular complexity index is 636. The number of nitrogens with zero attached hydrogens (tertiary/aromatic N) is 1. The summed E-state index contributed by atoms with van der Waals surface area (Å²) in [7, 11) is 0. The summed E-state index contributed by atoms with van der Waals surface area (Å²) in [6, 6.07) is 6.91. The van der Waals surface area contributed by atoms with E-state index in [2.05, 4.69) is 5.32 Å². The van der Waals surface area contributed by atoms with E-state index in [1.807, 2.05) is 18.7 Å². The highest BCUT2D eigenvalue weighted by Crippen LogP contribution is 2.31. The number of anilines is 1. The summed E-state index contributed by atoms with van der Waals surface area (Å²) in [5.41, 5.74) is 1.24. The van der Waals surface area contributed by atoms with Gasteiger partial charge in [0.25, 0.3) is 5.91 Å². The molecular formula is C20H28N2O4. The molecule has 142 valence electrons. The van der Waals surface area contributed by atoms with Crippen LogP contribution in [0.1, 0.15) is 56.3 Å². The minimum absolute atomic E-state index is 0.00618. The maximum atomic E-state index is 12.6. The van der Waals surface area contributed by atoms with E-state index in [4.69, 9.17) is 5.11 Å². The van der Waals surface area contributed by atoms with Gasteiger partial charge in [-0.15, -0.1) is 0 Å². The van der Waals surface area contributed by atoms with Gasteiger partial charge in [-0.1, -0.05) is 13.8 Å². The fourth-order valence-corrected chi connectivity index (χ4v) is 3.42. The second-order valence-electron chi connectivity index (χ2n) is 6.90. The van der Waals surface area contributed by atoms with Crippen LogP contribution in [0.5, 0.6) is 0 Å². The molecule has 1 aliphatic rings. The molecule has 0 aromatic heterocycles. The first-order valence-corrected chi connectivity index (χ1v) is 9.39. The lowest BCUT2D eigenvalue weighted by Crippen LogP contribution is -2.32. The van der Waals surface area contributed by atoms with Crippen LogP contribution in [-0.4, -0.2) is 40.9 Å². The maximum absolute atomic E-state index is 12.6. The van der Waals surface area contributed by atoms with Crippen molar-refractivity contribution in [1.82, 2.24) is 4.90 Å². The molecule has 0 aliphatic heterocycles. The highest BCUT2D eigenvalue weighted by atomic mass is 16.4. The Kier molecular flexibility index (Phi) is 7.18. The minimum atomic E-state index is -0.827. The van der Waals surface area contributed by atoms with Crippen LogP contribution in [0.2, 0.25) is 0 Å². The molecule has 0 spiro atoms. The molecule has 1 aromatic carbocycles. The summed E-state index contributed by atoms with van der Waals surface area (Å²) in [4.78, 5) is 37.7. The average molecular weight is 360 g/mol. The van der Waals surface area contributed by atoms with Gasteiger partial charge in [-0.3, -0.25) is 14.4 Å². The predicted octanol–water partition coefficient (Wildman–Crippen LogP) is 3.39. The summed E-state index contributed by atoms with van der Waals surface area (Å²) in [6.07, 6.45) is 3.37. The highest BCUT2D eigenvalue weighted by Gasteiger charge is 2.33. The van der Waals surface area contributed by atoms with Crippen LogP contribution in [0, 0.1) is 11.8 Å². The number of hydrogen-bond donors (Lipinski definition) is 2. The van der Waals surface area contributed by atoms with E-state index in [-0.39, 0.29) is 17.7 Å². The van der Waals surface area contributed by atoms with E-state index >= 15 is 0 Å². The lowest BCUT2D eigenvalue weighted by Gasteiger charge is -2.21. The lowest BCUT2D eigenvalue weighted by molar-refractivity contribution is -0.141. The van der Waals surface area contributed by atoms with Gasteiger partial charge in [0.2, 0.25) is 5.91 Å². The summed E-state index contributed by atoms with van der Waals surface area (Å²) in [5, 5.41) is 11.9. The zero-order valence-corrected chi connectivity index (χ0v) is 15.5. The van der Waals surface area contributed by atoms with Crippen molar-refractivity contribution in [3.05, 3.63) is 29.8 Å². The zero-order valence-electron chi connectivity index (χ0n) is 15.5. The fraction of sp³-hybridized carbons (Fsp3) is 0.550. The lowest BCUT2D eigenvalue weighted by atomic mass is 10.0. The van der Waals surface area contributed by atoms with Crippen molar-refractivity contribution in [1.29, 1.82) is 0 Å². The Morgan fingerprint density at radius 1 is 1.04 bits per heavy atom. The Balaban J connectivity index is 1.95. The zero-order chi connectivity index (χ0) is 19.1. The molecule has 2 N–H and O–H groups in total. The summed E-state index contributed by atoms with van der Waals surface area (Å²) in [6.45, 7) is 5.56. The molecule has 1 saturated carbocycles. The van der Waals surface area contributed by atoms with Crippen molar-refractivity contribution >= 4 is 23.5 Å². The van der Waals surface area contributed by atoms with Gasteiger partial charge >= 0.3 is 5.97 Å². The van der Waals surface area contributed by atoms with Gasteiger partial charge < -0.3 is 15.3 Å². The van der Waals surface area contributed by atoms with E-state index in [1.165, 1.54) is 0 Å². The van der Waals surface area contributed by atoms with Crippen molar-refractivity contribution < 1.29 is 19.5 Å². The number of hydrogen-bond acceptors (Lipinski definition) is 3. The van der Waals surface area contributed by atoms with Crippen LogP contribution in [-0.2, 0) is 9.59 Å². The Morgan fingerprint density at radius 3 is 2.12 bits per heavy atom. The third-order valence-corrected chi connectivity index (χ3v) is 4.83. The summed E-state index contributed by atoms with van der Waals surface area (Å²) in [5.74, 6) is -1.65. The molecular weight excluding hydrogens is 332 g/mol. The molecule has 1 aromatic rings. The topological polar surface area (TPSA) is 86.7 Å². The fourth-order valence-electron chi connectivity index (χ4n) is 3.42. The van der Waals surface area contributed by atoms with Crippen molar-refractivity contribution in [2.24, 2.45) is 11.8 Å². The van der Waals surface area contributed by atoms with E-state index in [9.17, 15) is 14.4 Å². The van der Waals surface area contributed by atoms with E-state index in [0.717, 1.165) is 25.9 Å². The van der Waals surface area contributed by atoms with Gasteiger partial charge in [0.05, 0.1) is 5.92 Å². The number of carboxylic acids is 1. The second kappa shape index (κ2) is 9.36. The standard InChI is InChI=1S/C20H28N2O4/c1-3-11-22(12-4-2)19(24)14-7-9-17(10-8-14)21-18(23)15-5-6-16(13-15)20(25)26/h7-10,15-16H,3-6,11-13H2,1-2H3,(H,21,23)(H,25,26)/t15-,16+/m1/s1. The molecule has 0 bridgehead atoms. The van der Waals surface area contributed by atoms with Gasteiger partial charge in [-0.2, -0.15) is 0 Å². The monoisotopic (exact) mass is 360 g/mol. The number of benzene rings is 1. The van der Waals surface area contributed by atoms with Crippen LogP contribution >= 0.6 is 0 Å². The minimum Gasteiger partial charge on any atom is -0.481 e. The van der Waals surface area contributed by atoms with Crippen LogP contribution in [0.3, 0.4) is 0 Å². The van der Waals surface area contributed by atoms with Gasteiger partial charge in [0.15, 0.2) is 0 Å². The molecule has 0 unspecified atom stereocenters. The van der Waals surface area contributed by atoms with Crippen LogP contribution in [0.25, 0.3) is 0 Å². The third kappa shape index (κ3) is 5.07. The SMILES string of the molecule is CCCN(CCC)C(=O)c1ccc(NC(=O)[C@@H]2CC[C@H](C(=O)O)C2)cc1. The number of rotatable bonds is 8.